The Morgan fingerprint density at radius 2 is 2.05 bits per heavy atom. The fourth-order valence-corrected chi connectivity index (χ4v) is 2.09. The zero-order chi connectivity index (χ0) is 13.8. The SMILES string of the molecule is CCCNc1nc(C)nc(NC2CNC(=O)C2)c1C. The maximum absolute atomic E-state index is 11.2. The lowest BCUT2D eigenvalue weighted by Crippen LogP contribution is -2.24. The van der Waals surface area contributed by atoms with Gasteiger partial charge in [-0.1, -0.05) is 6.92 Å². The number of amides is 1. The zero-order valence-corrected chi connectivity index (χ0v) is 11.7. The van der Waals surface area contributed by atoms with Crippen molar-refractivity contribution in [3.8, 4) is 0 Å². The van der Waals surface area contributed by atoms with Gasteiger partial charge < -0.3 is 16.0 Å². The van der Waals surface area contributed by atoms with Crippen LogP contribution in [0.5, 0.6) is 0 Å². The molecule has 19 heavy (non-hydrogen) atoms. The first-order valence-corrected chi connectivity index (χ1v) is 6.72. The number of hydrogen-bond acceptors (Lipinski definition) is 5. The van der Waals surface area contributed by atoms with Gasteiger partial charge in [0, 0.05) is 25.1 Å². The summed E-state index contributed by atoms with van der Waals surface area (Å²) in [5, 5.41) is 9.44. The fourth-order valence-electron chi connectivity index (χ4n) is 2.09. The topological polar surface area (TPSA) is 78.9 Å². The van der Waals surface area contributed by atoms with Gasteiger partial charge in [0.1, 0.15) is 17.5 Å². The fraction of sp³-hybridized carbons (Fsp3) is 0.615. The van der Waals surface area contributed by atoms with E-state index in [-0.39, 0.29) is 11.9 Å². The maximum Gasteiger partial charge on any atom is 0.222 e. The van der Waals surface area contributed by atoms with E-state index in [1.54, 1.807) is 0 Å². The van der Waals surface area contributed by atoms with E-state index >= 15 is 0 Å². The summed E-state index contributed by atoms with van der Waals surface area (Å²) >= 11 is 0. The van der Waals surface area contributed by atoms with Gasteiger partial charge in [0.05, 0.1) is 6.04 Å². The smallest absolute Gasteiger partial charge is 0.222 e. The number of aromatic nitrogens is 2. The Balaban J connectivity index is 2.14. The van der Waals surface area contributed by atoms with Gasteiger partial charge >= 0.3 is 0 Å². The third kappa shape index (κ3) is 3.33. The van der Waals surface area contributed by atoms with Crippen molar-refractivity contribution >= 4 is 17.5 Å². The third-order valence-electron chi connectivity index (χ3n) is 3.12. The molecule has 3 N–H and O–H groups in total. The molecule has 1 saturated heterocycles. The number of aryl methyl sites for hydroxylation is 1. The molecule has 1 atom stereocenters. The van der Waals surface area contributed by atoms with Gasteiger partial charge in [-0.25, -0.2) is 9.97 Å². The summed E-state index contributed by atoms with van der Waals surface area (Å²) in [6, 6.07) is 0.111. The summed E-state index contributed by atoms with van der Waals surface area (Å²) in [5.74, 6) is 2.50. The Kier molecular flexibility index (Phi) is 4.19. The second-order valence-corrected chi connectivity index (χ2v) is 4.87. The molecule has 1 aromatic heterocycles. The number of hydrogen-bond donors (Lipinski definition) is 3. The van der Waals surface area contributed by atoms with Crippen molar-refractivity contribution in [1.82, 2.24) is 15.3 Å². The van der Waals surface area contributed by atoms with Gasteiger partial charge in [-0.05, 0) is 20.3 Å². The minimum absolute atomic E-state index is 0.0882. The molecule has 1 aliphatic heterocycles. The molecular weight excluding hydrogens is 242 g/mol. The Bertz CT molecular complexity index is 474. The van der Waals surface area contributed by atoms with Crippen molar-refractivity contribution in [3.05, 3.63) is 11.4 Å². The van der Waals surface area contributed by atoms with Gasteiger partial charge in [-0.3, -0.25) is 4.79 Å². The van der Waals surface area contributed by atoms with Crippen LogP contribution in [0.3, 0.4) is 0 Å². The average molecular weight is 263 g/mol. The first kappa shape index (κ1) is 13.6. The van der Waals surface area contributed by atoms with E-state index in [1.807, 2.05) is 13.8 Å². The molecular formula is C13H21N5O. The first-order chi connectivity index (χ1) is 9.10. The van der Waals surface area contributed by atoms with Crippen LogP contribution in [0.4, 0.5) is 11.6 Å². The zero-order valence-electron chi connectivity index (χ0n) is 11.7. The van der Waals surface area contributed by atoms with E-state index < -0.39 is 0 Å². The van der Waals surface area contributed by atoms with Crippen LogP contribution in [0, 0.1) is 13.8 Å². The molecule has 0 bridgehead atoms. The predicted octanol–water partition coefficient (Wildman–Crippen LogP) is 1.22. The normalized spacial score (nSPS) is 18.3. The van der Waals surface area contributed by atoms with E-state index in [0.29, 0.717) is 13.0 Å². The maximum atomic E-state index is 11.2. The van der Waals surface area contributed by atoms with Gasteiger partial charge in [0.2, 0.25) is 5.91 Å². The molecule has 1 fully saturated rings. The summed E-state index contributed by atoms with van der Waals surface area (Å²) in [6.45, 7) is 7.52. The van der Waals surface area contributed by atoms with Crippen LogP contribution in [-0.2, 0) is 4.79 Å². The summed E-state index contributed by atoms with van der Waals surface area (Å²) in [6.07, 6.45) is 1.55. The Morgan fingerprint density at radius 3 is 2.68 bits per heavy atom. The summed E-state index contributed by atoms with van der Waals surface area (Å²) < 4.78 is 0. The monoisotopic (exact) mass is 263 g/mol. The molecule has 104 valence electrons. The Hall–Kier alpha value is -1.85. The lowest BCUT2D eigenvalue weighted by molar-refractivity contribution is -0.119. The van der Waals surface area contributed by atoms with Crippen molar-refractivity contribution in [2.45, 2.75) is 39.7 Å². The minimum atomic E-state index is 0.0882. The van der Waals surface area contributed by atoms with Crippen LogP contribution >= 0.6 is 0 Å². The van der Waals surface area contributed by atoms with Crippen LogP contribution < -0.4 is 16.0 Å². The molecule has 6 nitrogen and oxygen atoms in total. The molecule has 0 radical (unpaired) electrons. The highest BCUT2D eigenvalue weighted by Crippen LogP contribution is 2.21. The summed E-state index contributed by atoms with van der Waals surface area (Å²) in [4.78, 5) is 20.1. The Labute approximate surface area is 113 Å². The molecule has 0 spiro atoms. The molecule has 2 heterocycles. The van der Waals surface area contributed by atoms with Crippen LogP contribution in [-0.4, -0.2) is 35.0 Å². The van der Waals surface area contributed by atoms with Crippen LogP contribution in [0.25, 0.3) is 0 Å². The number of anilines is 2. The van der Waals surface area contributed by atoms with Crippen molar-refractivity contribution in [2.24, 2.45) is 0 Å². The molecule has 1 aromatic rings. The van der Waals surface area contributed by atoms with Gasteiger partial charge in [0.15, 0.2) is 0 Å². The van der Waals surface area contributed by atoms with E-state index in [2.05, 4.69) is 32.8 Å². The highest BCUT2D eigenvalue weighted by Gasteiger charge is 2.22. The van der Waals surface area contributed by atoms with Crippen molar-refractivity contribution in [1.29, 1.82) is 0 Å². The van der Waals surface area contributed by atoms with Crippen LogP contribution in [0.1, 0.15) is 31.2 Å². The standard InChI is InChI=1S/C13H21N5O/c1-4-5-14-12-8(2)13(17-9(3)16-12)18-10-6-11(19)15-7-10/h10H,4-7H2,1-3H3,(H,15,19)(H2,14,16,17,18). The quantitative estimate of drug-likeness (QED) is 0.744. The summed E-state index contributed by atoms with van der Waals surface area (Å²) in [5.41, 5.74) is 0.999. The van der Waals surface area contributed by atoms with Gasteiger partial charge in [-0.2, -0.15) is 0 Å². The molecule has 6 heteroatoms. The van der Waals surface area contributed by atoms with Crippen LogP contribution in [0.2, 0.25) is 0 Å². The third-order valence-corrected chi connectivity index (χ3v) is 3.12. The van der Waals surface area contributed by atoms with E-state index in [0.717, 1.165) is 36.0 Å². The van der Waals surface area contributed by atoms with E-state index in [9.17, 15) is 4.79 Å². The molecule has 0 saturated carbocycles. The van der Waals surface area contributed by atoms with E-state index in [1.165, 1.54) is 0 Å². The molecule has 1 aliphatic rings. The second-order valence-electron chi connectivity index (χ2n) is 4.87. The largest absolute Gasteiger partial charge is 0.370 e. The number of carbonyl (C=O) groups excluding carboxylic acids is 1. The molecule has 2 rings (SSSR count). The van der Waals surface area contributed by atoms with Gasteiger partial charge in [-0.15, -0.1) is 0 Å². The molecule has 1 unspecified atom stereocenters. The number of carbonyl (C=O) groups is 1. The van der Waals surface area contributed by atoms with Crippen molar-refractivity contribution < 1.29 is 4.79 Å². The average Bonchev–Trinajstić information content (AvgIpc) is 2.77. The van der Waals surface area contributed by atoms with Crippen molar-refractivity contribution in [3.63, 3.8) is 0 Å². The minimum Gasteiger partial charge on any atom is -0.370 e. The van der Waals surface area contributed by atoms with E-state index in [4.69, 9.17) is 0 Å². The molecule has 0 aliphatic carbocycles. The highest BCUT2D eigenvalue weighted by molar-refractivity contribution is 5.79. The molecule has 0 aromatic carbocycles. The Morgan fingerprint density at radius 1 is 1.32 bits per heavy atom. The number of rotatable bonds is 5. The second kappa shape index (κ2) is 5.86. The van der Waals surface area contributed by atoms with Crippen LogP contribution in [0.15, 0.2) is 0 Å². The lowest BCUT2D eigenvalue weighted by Gasteiger charge is -2.16. The molecule has 1 amide bonds. The highest BCUT2D eigenvalue weighted by atomic mass is 16.1. The lowest BCUT2D eigenvalue weighted by atomic mass is 10.2. The summed E-state index contributed by atoms with van der Waals surface area (Å²) in [7, 11) is 0. The number of nitrogens with one attached hydrogen (secondary N) is 3. The number of nitrogens with zero attached hydrogens (tertiary/aromatic N) is 2. The van der Waals surface area contributed by atoms with Gasteiger partial charge in [0.25, 0.3) is 0 Å². The first-order valence-electron chi connectivity index (χ1n) is 6.72. The van der Waals surface area contributed by atoms with Crippen molar-refractivity contribution in [2.75, 3.05) is 23.7 Å². The predicted molar refractivity (Wildman–Crippen MR) is 75.3 cm³/mol.